The second-order valence-electron chi connectivity index (χ2n) is 6.29. The number of benzene rings is 2. The smallest absolute Gasteiger partial charge is 0.221 e. The van der Waals surface area contributed by atoms with Crippen LogP contribution in [0.5, 0.6) is 0 Å². The standard InChI is InChI=1S/C21H18N4O/c1-13-3-5-16(6-4-13)20-18-11-12-19(23-21(18)25-24-20)15-7-9-17(10-8-15)22-14(2)26/h3-12H,1-2H3,(H,22,26)(H,23,24,25). The van der Waals surface area contributed by atoms with Gasteiger partial charge in [0.15, 0.2) is 5.65 Å². The highest BCUT2D eigenvalue weighted by atomic mass is 16.1. The van der Waals surface area contributed by atoms with Gasteiger partial charge in [0.1, 0.15) is 5.69 Å². The fourth-order valence-electron chi connectivity index (χ4n) is 2.92. The number of aromatic amines is 1. The van der Waals surface area contributed by atoms with Crippen molar-refractivity contribution < 1.29 is 4.79 Å². The maximum absolute atomic E-state index is 11.1. The highest BCUT2D eigenvalue weighted by Gasteiger charge is 2.10. The van der Waals surface area contributed by atoms with Gasteiger partial charge in [0.05, 0.1) is 5.69 Å². The molecule has 0 unspecified atom stereocenters. The lowest BCUT2D eigenvalue weighted by Crippen LogP contribution is -2.05. The van der Waals surface area contributed by atoms with E-state index < -0.39 is 0 Å². The van der Waals surface area contributed by atoms with Crippen LogP contribution in [-0.2, 0) is 4.79 Å². The van der Waals surface area contributed by atoms with Crippen molar-refractivity contribution in [3.8, 4) is 22.5 Å². The topological polar surface area (TPSA) is 70.7 Å². The first-order valence-electron chi connectivity index (χ1n) is 8.40. The first-order chi connectivity index (χ1) is 12.6. The summed E-state index contributed by atoms with van der Waals surface area (Å²) in [6, 6.07) is 19.9. The number of hydrogen-bond acceptors (Lipinski definition) is 3. The summed E-state index contributed by atoms with van der Waals surface area (Å²) in [5.74, 6) is -0.0848. The normalized spacial score (nSPS) is 10.8. The van der Waals surface area contributed by atoms with Crippen LogP contribution in [0, 0.1) is 6.92 Å². The van der Waals surface area contributed by atoms with Gasteiger partial charge in [-0.15, -0.1) is 0 Å². The number of amides is 1. The summed E-state index contributed by atoms with van der Waals surface area (Å²) in [6.07, 6.45) is 0. The number of carbonyl (C=O) groups is 1. The van der Waals surface area contributed by atoms with Crippen LogP contribution in [0.1, 0.15) is 12.5 Å². The number of hydrogen-bond donors (Lipinski definition) is 2. The zero-order valence-electron chi connectivity index (χ0n) is 14.6. The van der Waals surface area contributed by atoms with Gasteiger partial charge in [-0.05, 0) is 31.2 Å². The van der Waals surface area contributed by atoms with Crippen LogP contribution >= 0.6 is 0 Å². The molecule has 4 rings (SSSR count). The summed E-state index contributed by atoms with van der Waals surface area (Å²) in [5.41, 5.74) is 6.54. The van der Waals surface area contributed by atoms with Gasteiger partial charge in [-0.2, -0.15) is 5.10 Å². The Bertz CT molecular complexity index is 1080. The molecule has 0 bridgehead atoms. The molecule has 2 N–H and O–H groups in total. The summed E-state index contributed by atoms with van der Waals surface area (Å²) in [4.78, 5) is 15.8. The first kappa shape index (κ1) is 16.0. The number of anilines is 1. The van der Waals surface area contributed by atoms with E-state index in [1.54, 1.807) is 0 Å². The van der Waals surface area contributed by atoms with Crippen LogP contribution in [0.15, 0.2) is 60.7 Å². The molecule has 2 heterocycles. The average Bonchev–Trinajstić information content (AvgIpc) is 3.06. The van der Waals surface area contributed by atoms with Crippen molar-refractivity contribution >= 4 is 22.6 Å². The zero-order chi connectivity index (χ0) is 18.1. The third-order valence-corrected chi connectivity index (χ3v) is 4.25. The highest BCUT2D eigenvalue weighted by Crippen LogP contribution is 2.28. The molecule has 0 saturated carbocycles. The Labute approximate surface area is 151 Å². The molecule has 0 aliphatic rings. The minimum absolute atomic E-state index is 0.0848. The Hall–Kier alpha value is -3.47. The van der Waals surface area contributed by atoms with Crippen LogP contribution in [0.3, 0.4) is 0 Å². The number of aromatic nitrogens is 3. The number of fused-ring (bicyclic) bond motifs is 1. The molecule has 0 spiro atoms. The molecule has 128 valence electrons. The van der Waals surface area contributed by atoms with Crippen LogP contribution in [0.25, 0.3) is 33.5 Å². The fourth-order valence-corrected chi connectivity index (χ4v) is 2.92. The van der Waals surface area contributed by atoms with Gasteiger partial charge in [-0.3, -0.25) is 9.89 Å². The molecule has 0 saturated heterocycles. The number of H-pyrrole nitrogens is 1. The third-order valence-electron chi connectivity index (χ3n) is 4.25. The van der Waals surface area contributed by atoms with E-state index in [4.69, 9.17) is 4.98 Å². The van der Waals surface area contributed by atoms with E-state index in [1.807, 2.05) is 36.4 Å². The van der Waals surface area contributed by atoms with Gasteiger partial charge < -0.3 is 5.32 Å². The van der Waals surface area contributed by atoms with E-state index in [2.05, 4.69) is 46.7 Å². The fraction of sp³-hybridized carbons (Fsp3) is 0.0952. The Morgan fingerprint density at radius 2 is 1.62 bits per heavy atom. The van der Waals surface area contributed by atoms with E-state index in [0.717, 1.165) is 39.2 Å². The van der Waals surface area contributed by atoms with Gasteiger partial charge in [0.25, 0.3) is 0 Å². The van der Waals surface area contributed by atoms with Gasteiger partial charge in [0, 0.05) is 29.1 Å². The molecule has 2 aromatic heterocycles. The number of pyridine rings is 1. The SMILES string of the molecule is CC(=O)Nc1ccc(-c2ccc3c(-c4ccc(C)cc4)n[nH]c3n2)cc1. The Morgan fingerprint density at radius 3 is 2.31 bits per heavy atom. The van der Waals surface area contributed by atoms with Gasteiger partial charge >= 0.3 is 0 Å². The lowest BCUT2D eigenvalue weighted by molar-refractivity contribution is -0.114. The summed E-state index contributed by atoms with van der Waals surface area (Å²) in [6.45, 7) is 3.56. The highest BCUT2D eigenvalue weighted by molar-refractivity contribution is 5.92. The molecule has 0 fully saturated rings. The molecular formula is C21H18N4O. The first-order valence-corrected chi connectivity index (χ1v) is 8.40. The predicted molar refractivity (Wildman–Crippen MR) is 104 cm³/mol. The zero-order valence-corrected chi connectivity index (χ0v) is 14.6. The number of carbonyl (C=O) groups excluding carboxylic acids is 1. The number of nitrogens with one attached hydrogen (secondary N) is 2. The lowest BCUT2D eigenvalue weighted by Gasteiger charge is -2.05. The van der Waals surface area contributed by atoms with Crippen molar-refractivity contribution in [1.29, 1.82) is 0 Å². The lowest BCUT2D eigenvalue weighted by atomic mass is 10.1. The summed E-state index contributed by atoms with van der Waals surface area (Å²) >= 11 is 0. The molecule has 5 heteroatoms. The largest absolute Gasteiger partial charge is 0.326 e. The Kier molecular flexibility index (Phi) is 3.97. The van der Waals surface area contributed by atoms with Crippen molar-refractivity contribution in [2.75, 3.05) is 5.32 Å². The van der Waals surface area contributed by atoms with Crippen LogP contribution in [0.4, 0.5) is 5.69 Å². The monoisotopic (exact) mass is 342 g/mol. The van der Waals surface area contributed by atoms with E-state index in [0.29, 0.717) is 0 Å². The molecule has 4 aromatic rings. The quantitative estimate of drug-likeness (QED) is 0.573. The van der Waals surface area contributed by atoms with E-state index in [-0.39, 0.29) is 5.91 Å². The summed E-state index contributed by atoms with van der Waals surface area (Å²) in [7, 11) is 0. The van der Waals surface area contributed by atoms with Gasteiger partial charge in [-0.1, -0.05) is 42.0 Å². The van der Waals surface area contributed by atoms with Crippen LogP contribution in [0.2, 0.25) is 0 Å². The van der Waals surface area contributed by atoms with E-state index >= 15 is 0 Å². The molecule has 0 aliphatic heterocycles. The van der Waals surface area contributed by atoms with Crippen molar-refractivity contribution in [3.63, 3.8) is 0 Å². The van der Waals surface area contributed by atoms with Crippen molar-refractivity contribution in [2.45, 2.75) is 13.8 Å². The van der Waals surface area contributed by atoms with E-state index in [1.165, 1.54) is 12.5 Å². The second kappa shape index (κ2) is 6.44. The van der Waals surface area contributed by atoms with Crippen molar-refractivity contribution in [2.24, 2.45) is 0 Å². The molecule has 26 heavy (non-hydrogen) atoms. The van der Waals surface area contributed by atoms with Crippen molar-refractivity contribution in [3.05, 3.63) is 66.2 Å². The minimum Gasteiger partial charge on any atom is -0.326 e. The molecule has 2 aromatic carbocycles. The second-order valence-corrected chi connectivity index (χ2v) is 6.29. The number of nitrogens with zero attached hydrogens (tertiary/aromatic N) is 2. The maximum Gasteiger partial charge on any atom is 0.221 e. The molecular weight excluding hydrogens is 324 g/mol. The number of rotatable bonds is 3. The molecule has 0 aliphatic carbocycles. The van der Waals surface area contributed by atoms with Gasteiger partial charge in [0.2, 0.25) is 5.91 Å². The Morgan fingerprint density at radius 1 is 0.923 bits per heavy atom. The Balaban J connectivity index is 1.68. The summed E-state index contributed by atoms with van der Waals surface area (Å²) in [5, 5.41) is 11.2. The molecule has 1 amide bonds. The predicted octanol–water partition coefficient (Wildman–Crippen LogP) is 4.56. The van der Waals surface area contributed by atoms with Crippen molar-refractivity contribution in [1.82, 2.24) is 15.2 Å². The molecule has 0 radical (unpaired) electrons. The van der Waals surface area contributed by atoms with E-state index in [9.17, 15) is 4.79 Å². The molecule has 0 atom stereocenters. The minimum atomic E-state index is -0.0848. The van der Waals surface area contributed by atoms with Crippen LogP contribution in [-0.4, -0.2) is 21.1 Å². The van der Waals surface area contributed by atoms with Gasteiger partial charge in [-0.25, -0.2) is 4.98 Å². The number of aryl methyl sites for hydroxylation is 1. The third kappa shape index (κ3) is 3.07. The van der Waals surface area contributed by atoms with Crippen LogP contribution < -0.4 is 5.32 Å². The molecule has 5 nitrogen and oxygen atoms in total. The summed E-state index contributed by atoms with van der Waals surface area (Å²) < 4.78 is 0. The average molecular weight is 342 g/mol. The maximum atomic E-state index is 11.1.